The molecule has 0 radical (unpaired) electrons. The molecule has 0 bridgehead atoms. The van der Waals surface area contributed by atoms with Crippen LogP contribution in [0.5, 0.6) is 5.75 Å². The molecule has 1 unspecified atom stereocenters. The summed E-state index contributed by atoms with van der Waals surface area (Å²) in [7, 11) is 1.58. The van der Waals surface area contributed by atoms with Crippen LogP contribution in [-0.2, 0) is 11.3 Å². The second kappa shape index (κ2) is 7.09. The van der Waals surface area contributed by atoms with Gasteiger partial charge in [0.25, 0.3) is 0 Å². The van der Waals surface area contributed by atoms with Crippen molar-refractivity contribution in [2.75, 3.05) is 7.05 Å². The lowest BCUT2D eigenvalue weighted by atomic mass is 10.0. The summed E-state index contributed by atoms with van der Waals surface area (Å²) < 4.78 is 13.1. The number of halogens is 1. The zero-order valence-corrected chi connectivity index (χ0v) is 11.5. The van der Waals surface area contributed by atoms with Gasteiger partial charge >= 0.3 is 0 Å². The van der Waals surface area contributed by atoms with Crippen LogP contribution in [0.3, 0.4) is 0 Å². The van der Waals surface area contributed by atoms with Crippen molar-refractivity contribution < 1.29 is 14.3 Å². The van der Waals surface area contributed by atoms with E-state index in [1.54, 1.807) is 7.05 Å². The Kier molecular flexibility index (Phi) is 5.76. The number of amides is 1. The molecule has 1 rings (SSSR count). The first-order valence-electron chi connectivity index (χ1n) is 6.36. The zero-order chi connectivity index (χ0) is 14.4. The van der Waals surface area contributed by atoms with Gasteiger partial charge in [0.2, 0.25) is 5.91 Å². The van der Waals surface area contributed by atoms with Crippen molar-refractivity contribution in [3.05, 3.63) is 29.6 Å². The first kappa shape index (κ1) is 15.4. The number of benzene rings is 1. The molecule has 0 saturated heterocycles. The third-order valence-electron chi connectivity index (χ3n) is 2.85. The number of carbonyl (C=O) groups is 1. The summed E-state index contributed by atoms with van der Waals surface area (Å²) in [5.41, 5.74) is 0.442. The Morgan fingerprint density at radius 2 is 2.11 bits per heavy atom. The fraction of sp³-hybridized carbons (Fsp3) is 0.500. The van der Waals surface area contributed by atoms with E-state index in [1.807, 2.05) is 13.8 Å². The summed E-state index contributed by atoms with van der Waals surface area (Å²) in [6.45, 7) is 4.29. The minimum absolute atomic E-state index is 0.0223. The van der Waals surface area contributed by atoms with Crippen molar-refractivity contribution >= 4 is 5.91 Å². The SMILES string of the molecule is CNC(=O)C(CC(C)C)NCc1cc(F)ccc1O. The predicted molar refractivity (Wildman–Crippen MR) is 72.2 cm³/mol. The Labute approximate surface area is 113 Å². The average Bonchev–Trinajstić information content (AvgIpc) is 2.36. The van der Waals surface area contributed by atoms with E-state index in [0.717, 1.165) is 0 Å². The highest BCUT2D eigenvalue weighted by molar-refractivity contribution is 5.81. The Bertz CT molecular complexity index is 435. The van der Waals surface area contributed by atoms with E-state index >= 15 is 0 Å². The molecule has 106 valence electrons. The molecule has 0 aromatic heterocycles. The molecule has 0 heterocycles. The highest BCUT2D eigenvalue weighted by atomic mass is 19.1. The summed E-state index contributed by atoms with van der Waals surface area (Å²) in [6.07, 6.45) is 0.676. The number of hydrogen-bond acceptors (Lipinski definition) is 3. The van der Waals surface area contributed by atoms with Gasteiger partial charge in [0.15, 0.2) is 0 Å². The van der Waals surface area contributed by atoms with Gasteiger partial charge in [-0.1, -0.05) is 13.8 Å². The monoisotopic (exact) mass is 268 g/mol. The van der Waals surface area contributed by atoms with Crippen LogP contribution < -0.4 is 10.6 Å². The van der Waals surface area contributed by atoms with Gasteiger partial charge in [-0.05, 0) is 30.5 Å². The van der Waals surface area contributed by atoms with E-state index in [1.165, 1.54) is 18.2 Å². The number of phenols is 1. The first-order valence-corrected chi connectivity index (χ1v) is 6.36. The van der Waals surface area contributed by atoms with Crippen LogP contribution in [0.1, 0.15) is 25.8 Å². The lowest BCUT2D eigenvalue weighted by Gasteiger charge is -2.19. The molecule has 1 aromatic rings. The number of carbonyl (C=O) groups excluding carboxylic acids is 1. The van der Waals surface area contributed by atoms with Gasteiger partial charge in [-0.25, -0.2) is 4.39 Å². The number of hydrogen-bond donors (Lipinski definition) is 3. The van der Waals surface area contributed by atoms with Gasteiger partial charge in [-0.3, -0.25) is 4.79 Å². The number of aromatic hydroxyl groups is 1. The van der Waals surface area contributed by atoms with Crippen molar-refractivity contribution in [1.82, 2.24) is 10.6 Å². The largest absolute Gasteiger partial charge is 0.508 e. The van der Waals surface area contributed by atoms with Gasteiger partial charge in [0.1, 0.15) is 11.6 Å². The molecule has 3 N–H and O–H groups in total. The highest BCUT2D eigenvalue weighted by Crippen LogP contribution is 2.18. The molecule has 5 heteroatoms. The molecule has 0 fully saturated rings. The van der Waals surface area contributed by atoms with Gasteiger partial charge in [0.05, 0.1) is 6.04 Å². The average molecular weight is 268 g/mol. The van der Waals surface area contributed by atoms with Crippen molar-refractivity contribution in [3.8, 4) is 5.75 Å². The lowest BCUT2D eigenvalue weighted by molar-refractivity contribution is -0.123. The zero-order valence-electron chi connectivity index (χ0n) is 11.5. The first-order chi connectivity index (χ1) is 8.93. The topological polar surface area (TPSA) is 61.4 Å². The van der Waals surface area contributed by atoms with Gasteiger partial charge in [-0.2, -0.15) is 0 Å². The van der Waals surface area contributed by atoms with Crippen LogP contribution in [-0.4, -0.2) is 24.1 Å². The van der Waals surface area contributed by atoms with E-state index in [-0.39, 0.29) is 24.2 Å². The van der Waals surface area contributed by atoms with Gasteiger partial charge < -0.3 is 15.7 Å². The van der Waals surface area contributed by atoms with E-state index in [4.69, 9.17) is 0 Å². The Morgan fingerprint density at radius 3 is 2.68 bits per heavy atom. The summed E-state index contributed by atoms with van der Waals surface area (Å²) in [5, 5.41) is 15.3. The molecule has 0 spiro atoms. The highest BCUT2D eigenvalue weighted by Gasteiger charge is 2.18. The molecular formula is C14H21FN2O2. The maximum Gasteiger partial charge on any atom is 0.236 e. The maximum atomic E-state index is 13.1. The fourth-order valence-corrected chi connectivity index (χ4v) is 1.86. The Balaban J connectivity index is 2.70. The summed E-state index contributed by atoms with van der Waals surface area (Å²) in [5.74, 6) is -0.135. The van der Waals surface area contributed by atoms with E-state index in [9.17, 15) is 14.3 Å². The third kappa shape index (κ3) is 4.87. The fourth-order valence-electron chi connectivity index (χ4n) is 1.86. The minimum Gasteiger partial charge on any atom is -0.508 e. The summed E-state index contributed by atoms with van der Waals surface area (Å²) in [6, 6.07) is 3.42. The quantitative estimate of drug-likeness (QED) is 0.737. The summed E-state index contributed by atoms with van der Waals surface area (Å²) >= 11 is 0. The van der Waals surface area contributed by atoms with Gasteiger partial charge in [0, 0.05) is 19.2 Å². The van der Waals surface area contributed by atoms with Crippen molar-refractivity contribution in [1.29, 1.82) is 0 Å². The smallest absolute Gasteiger partial charge is 0.236 e. The van der Waals surface area contributed by atoms with Crippen molar-refractivity contribution in [3.63, 3.8) is 0 Å². The van der Waals surface area contributed by atoms with E-state index < -0.39 is 5.82 Å². The lowest BCUT2D eigenvalue weighted by Crippen LogP contribution is -2.43. The van der Waals surface area contributed by atoms with Gasteiger partial charge in [-0.15, -0.1) is 0 Å². The van der Waals surface area contributed by atoms with Crippen LogP contribution >= 0.6 is 0 Å². The molecule has 0 aliphatic heterocycles. The molecule has 0 aliphatic rings. The van der Waals surface area contributed by atoms with E-state index in [0.29, 0.717) is 17.9 Å². The number of phenolic OH excluding ortho intramolecular Hbond substituents is 1. The molecule has 0 aliphatic carbocycles. The second-order valence-electron chi connectivity index (χ2n) is 4.95. The van der Waals surface area contributed by atoms with Crippen molar-refractivity contribution in [2.45, 2.75) is 32.9 Å². The molecule has 1 atom stereocenters. The van der Waals surface area contributed by atoms with Crippen molar-refractivity contribution in [2.24, 2.45) is 5.92 Å². The Hall–Kier alpha value is -1.62. The molecule has 0 saturated carbocycles. The van der Waals surface area contributed by atoms with Crippen LogP contribution in [0.15, 0.2) is 18.2 Å². The normalized spacial score (nSPS) is 12.5. The van der Waals surface area contributed by atoms with Crippen LogP contribution in [0.2, 0.25) is 0 Å². The van der Waals surface area contributed by atoms with E-state index in [2.05, 4.69) is 10.6 Å². The summed E-state index contributed by atoms with van der Waals surface area (Å²) in [4.78, 5) is 11.7. The second-order valence-corrected chi connectivity index (χ2v) is 4.95. The third-order valence-corrected chi connectivity index (χ3v) is 2.85. The molecule has 1 amide bonds. The standard InChI is InChI=1S/C14H21FN2O2/c1-9(2)6-12(14(19)16-3)17-8-10-7-11(15)4-5-13(10)18/h4-5,7,9,12,17-18H,6,8H2,1-3H3,(H,16,19). The maximum absolute atomic E-state index is 13.1. The molecule has 19 heavy (non-hydrogen) atoms. The molecular weight excluding hydrogens is 247 g/mol. The Morgan fingerprint density at radius 1 is 1.42 bits per heavy atom. The molecule has 1 aromatic carbocycles. The predicted octanol–water partition coefficient (Wildman–Crippen LogP) is 1.78. The number of likely N-dealkylation sites (N-methyl/N-ethyl adjacent to an activating group) is 1. The minimum atomic E-state index is -0.407. The number of nitrogens with one attached hydrogen (secondary N) is 2. The van der Waals surface area contributed by atoms with Crippen LogP contribution in [0.25, 0.3) is 0 Å². The van der Waals surface area contributed by atoms with Crippen LogP contribution in [0, 0.1) is 11.7 Å². The van der Waals surface area contributed by atoms with Crippen LogP contribution in [0.4, 0.5) is 4.39 Å². The number of rotatable bonds is 6. The molecule has 4 nitrogen and oxygen atoms in total.